The first-order valence-corrected chi connectivity index (χ1v) is 6.13. The quantitative estimate of drug-likeness (QED) is 0.815. The molecule has 0 atom stereocenters. The first-order chi connectivity index (χ1) is 7.59. The fraction of sp³-hybridized carbons (Fsp3) is 0.462. The minimum atomic E-state index is 0.487. The Balaban J connectivity index is 2.36. The molecule has 0 spiro atoms. The lowest BCUT2D eigenvalue weighted by Crippen LogP contribution is -2.38. The Kier molecular flexibility index (Phi) is 3.15. The minimum absolute atomic E-state index is 0.487. The summed E-state index contributed by atoms with van der Waals surface area (Å²) in [7, 11) is 2.14. The van der Waals surface area contributed by atoms with Crippen molar-refractivity contribution < 1.29 is 0 Å². The number of benzene rings is 1. The maximum atomic E-state index is 5.77. The van der Waals surface area contributed by atoms with Gasteiger partial charge in [-0.15, -0.1) is 0 Å². The second-order valence-corrected chi connectivity index (χ2v) is 5.02. The topological polar surface area (TPSA) is 29.3 Å². The lowest BCUT2D eigenvalue weighted by Gasteiger charge is -2.37. The Morgan fingerprint density at radius 3 is 2.62 bits per heavy atom. The van der Waals surface area contributed by atoms with Crippen LogP contribution in [0.15, 0.2) is 18.2 Å². The summed E-state index contributed by atoms with van der Waals surface area (Å²) < 4.78 is 0. The first kappa shape index (κ1) is 11.4. The van der Waals surface area contributed by atoms with Crippen molar-refractivity contribution in [2.24, 2.45) is 5.73 Å². The highest BCUT2D eigenvalue weighted by molar-refractivity contribution is 7.80. The van der Waals surface area contributed by atoms with E-state index in [0.717, 1.165) is 5.56 Å². The van der Waals surface area contributed by atoms with Gasteiger partial charge < -0.3 is 10.6 Å². The number of rotatable bonds is 3. The summed E-state index contributed by atoms with van der Waals surface area (Å²) in [6, 6.07) is 6.93. The van der Waals surface area contributed by atoms with Crippen molar-refractivity contribution in [3.8, 4) is 0 Å². The maximum Gasteiger partial charge on any atom is 0.106 e. The molecule has 0 bridgehead atoms. The van der Waals surface area contributed by atoms with Gasteiger partial charge in [0.15, 0.2) is 0 Å². The molecule has 2 rings (SSSR count). The van der Waals surface area contributed by atoms with E-state index in [4.69, 9.17) is 18.0 Å². The number of aryl methyl sites for hydroxylation is 1. The van der Waals surface area contributed by atoms with Crippen LogP contribution in [-0.4, -0.2) is 18.1 Å². The van der Waals surface area contributed by atoms with Crippen molar-refractivity contribution in [1.29, 1.82) is 0 Å². The Hall–Kier alpha value is -1.09. The summed E-state index contributed by atoms with van der Waals surface area (Å²) in [4.78, 5) is 2.81. The highest BCUT2D eigenvalue weighted by Crippen LogP contribution is 2.30. The molecule has 0 heterocycles. The van der Waals surface area contributed by atoms with E-state index in [2.05, 4.69) is 31.0 Å². The van der Waals surface area contributed by atoms with Crippen LogP contribution in [0.4, 0.5) is 5.69 Å². The van der Waals surface area contributed by atoms with Crippen LogP contribution in [0.25, 0.3) is 0 Å². The molecule has 0 amide bonds. The molecule has 0 aromatic heterocycles. The van der Waals surface area contributed by atoms with Crippen LogP contribution in [-0.2, 0) is 0 Å². The SMILES string of the molecule is Cc1ccc(C(N)=S)c(N(C)C2CCC2)c1. The molecule has 86 valence electrons. The average molecular weight is 234 g/mol. The highest BCUT2D eigenvalue weighted by atomic mass is 32.1. The molecule has 1 aliphatic rings. The smallest absolute Gasteiger partial charge is 0.106 e. The van der Waals surface area contributed by atoms with Gasteiger partial charge in [0.1, 0.15) is 4.99 Å². The van der Waals surface area contributed by atoms with Crippen molar-refractivity contribution >= 4 is 22.9 Å². The molecule has 0 saturated heterocycles. The molecule has 0 aliphatic heterocycles. The van der Waals surface area contributed by atoms with Crippen LogP contribution >= 0.6 is 12.2 Å². The largest absolute Gasteiger partial charge is 0.389 e. The monoisotopic (exact) mass is 234 g/mol. The third-order valence-corrected chi connectivity index (χ3v) is 3.64. The van der Waals surface area contributed by atoms with Crippen molar-refractivity contribution in [3.05, 3.63) is 29.3 Å². The van der Waals surface area contributed by atoms with Crippen LogP contribution in [0.1, 0.15) is 30.4 Å². The molecular formula is C13H18N2S. The molecule has 1 saturated carbocycles. The molecule has 1 aromatic carbocycles. The zero-order valence-corrected chi connectivity index (χ0v) is 10.7. The predicted molar refractivity (Wildman–Crippen MR) is 73.1 cm³/mol. The van der Waals surface area contributed by atoms with E-state index >= 15 is 0 Å². The predicted octanol–water partition coefficient (Wildman–Crippen LogP) is 2.62. The molecule has 0 unspecified atom stereocenters. The van der Waals surface area contributed by atoms with E-state index in [1.54, 1.807) is 0 Å². The van der Waals surface area contributed by atoms with Crippen molar-refractivity contribution in [2.75, 3.05) is 11.9 Å². The second kappa shape index (κ2) is 4.42. The summed E-state index contributed by atoms with van der Waals surface area (Å²) in [5.41, 5.74) is 9.19. The van der Waals surface area contributed by atoms with Gasteiger partial charge in [-0.2, -0.15) is 0 Å². The van der Waals surface area contributed by atoms with E-state index in [1.807, 2.05) is 6.07 Å². The molecule has 0 radical (unpaired) electrons. The van der Waals surface area contributed by atoms with Crippen molar-refractivity contribution in [1.82, 2.24) is 0 Å². The van der Waals surface area contributed by atoms with Gasteiger partial charge in [0.05, 0.1) is 0 Å². The fourth-order valence-corrected chi connectivity index (χ4v) is 2.29. The van der Waals surface area contributed by atoms with Gasteiger partial charge in [0, 0.05) is 24.3 Å². The molecule has 1 aromatic rings. The number of hydrogen-bond acceptors (Lipinski definition) is 2. The summed E-state index contributed by atoms with van der Waals surface area (Å²) in [6.45, 7) is 2.10. The summed E-state index contributed by atoms with van der Waals surface area (Å²) in [5, 5.41) is 0. The molecule has 16 heavy (non-hydrogen) atoms. The van der Waals surface area contributed by atoms with Gasteiger partial charge >= 0.3 is 0 Å². The van der Waals surface area contributed by atoms with E-state index in [-0.39, 0.29) is 0 Å². The summed E-state index contributed by atoms with van der Waals surface area (Å²) >= 11 is 5.10. The summed E-state index contributed by atoms with van der Waals surface area (Å²) in [6.07, 6.45) is 3.89. The highest BCUT2D eigenvalue weighted by Gasteiger charge is 2.24. The van der Waals surface area contributed by atoms with Crippen LogP contribution in [0.5, 0.6) is 0 Å². The zero-order valence-electron chi connectivity index (χ0n) is 9.86. The number of nitrogens with zero attached hydrogens (tertiary/aromatic N) is 1. The van der Waals surface area contributed by atoms with Gasteiger partial charge in [-0.25, -0.2) is 0 Å². The Morgan fingerprint density at radius 2 is 2.12 bits per heavy atom. The zero-order chi connectivity index (χ0) is 11.7. The molecule has 2 N–H and O–H groups in total. The van der Waals surface area contributed by atoms with Gasteiger partial charge in [-0.1, -0.05) is 18.3 Å². The fourth-order valence-electron chi connectivity index (χ4n) is 2.11. The number of hydrogen-bond donors (Lipinski definition) is 1. The number of anilines is 1. The van der Waals surface area contributed by atoms with E-state index < -0.39 is 0 Å². The standard InChI is InChI=1S/C13H18N2S/c1-9-6-7-11(13(14)16)12(8-9)15(2)10-4-3-5-10/h6-8,10H,3-5H2,1-2H3,(H2,14,16). The van der Waals surface area contributed by atoms with E-state index in [9.17, 15) is 0 Å². The maximum absolute atomic E-state index is 5.77. The van der Waals surface area contributed by atoms with Crippen LogP contribution < -0.4 is 10.6 Å². The van der Waals surface area contributed by atoms with Gasteiger partial charge in [0.2, 0.25) is 0 Å². The lowest BCUT2D eigenvalue weighted by molar-refractivity contribution is 0.401. The normalized spacial score (nSPS) is 15.6. The van der Waals surface area contributed by atoms with Gasteiger partial charge in [0.25, 0.3) is 0 Å². The van der Waals surface area contributed by atoms with E-state index in [0.29, 0.717) is 11.0 Å². The van der Waals surface area contributed by atoms with Gasteiger partial charge in [-0.05, 0) is 43.9 Å². The minimum Gasteiger partial charge on any atom is -0.389 e. The van der Waals surface area contributed by atoms with Gasteiger partial charge in [-0.3, -0.25) is 0 Å². The summed E-state index contributed by atoms with van der Waals surface area (Å²) in [5.74, 6) is 0. The third-order valence-electron chi connectivity index (χ3n) is 3.42. The molecule has 1 fully saturated rings. The second-order valence-electron chi connectivity index (χ2n) is 4.58. The number of thiocarbonyl (C=S) groups is 1. The average Bonchev–Trinajstić information content (AvgIpc) is 2.14. The lowest BCUT2D eigenvalue weighted by atomic mass is 9.91. The molecule has 2 nitrogen and oxygen atoms in total. The molecule has 3 heteroatoms. The molecule has 1 aliphatic carbocycles. The molecular weight excluding hydrogens is 216 g/mol. The van der Waals surface area contributed by atoms with E-state index in [1.165, 1.54) is 30.5 Å². The van der Waals surface area contributed by atoms with Crippen LogP contribution in [0.2, 0.25) is 0 Å². The number of nitrogens with two attached hydrogens (primary N) is 1. The van der Waals surface area contributed by atoms with Crippen LogP contribution in [0, 0.1) is 6.92 Å². The van der Waals surface area contributed by atoms with Crippen LogP contribution in [0.3, 0.4) is 0 Å². The van der Waals surface area contributed by atoms with Crippen molar-refractivity contribution in [2.45, 2.75) is 32.2 Å². The Bertz CT molecular complexity index is 410. The Morgan fingerprint density at radius 1 is 1.44 bits per heavy atom. The van der Waals surface area contributed by atoms with Crippen molar-refractivity contribution in [3.63, 3.8) is 0 Å². The third kappa shape index (κ3) is 2.05. The first-order valence-electron chi connectivity index (χ1n) is 5.73. The Labute approximate surface area is 102 Å².